The van der Waals surface area contributed by atoms with Crippen molar-refractivity contribution in [1.82, 2.24) is 14.9 Å². The Hall–Kier alpha value is -1.73. The van der Waals surface area contributed by atoms with Gasteiger partial charge in [0, 0.05) is 31.0 Å². The number of fused-ring (bicyclic) bond motifs is 1. The molecular formula is C14H19N3O3S. The van der Waals surface area contributed by atoms with E-state index in [4.69, 9.17) is 5.11 Å². The first kappa shape index (κ1) is 15.7. The quantitative estimate of drug-likeness (QED) is 0.779. The van der Waals surface area contributed by atoms with E-state index >= 15 is 0 Å². The van der Waals surface area contributed by atoms with E-state index in [-0.39, 0.29) is 24.5 Å². The molecule has 0 aliphatic heterocycles. The number of carbonyl (C=O) groups excluding carboxylic acids is 1. The molecule has 0 fully saturated rings. The smallest absolute Gasteiger partial charge is 0.262 e. The van der Waals surface area contributed by atoms with Crippen LogP contribution in [0.5, 0.6) is 0 Å². The fraction of sp³-hybridized carbons (Fsp3) is 0.500. The lowest BCUT2D eigenvalue weighted by Gasteiger charge is -2.06. The molecule has 0 unspecified atom stereocenters. The van der Waals surface area contributed by atoms with Gasteiger partial charge in [-0.2, -0.15) is 0 Å². The number of rotatable bonds is 6. The summed E-state index contributed by atoms with van der Waals surface area (Å²) in [5.41, 5.74) is 0.874. The van der Waals surface area contributed by atoms with Crippen molar-refractivity contribution in [3.05, 3.63) is 27.1 Å². The van der Waals surface area contributed by atoms with Crippen molar-refractivity contribution in [1.29, 1.82) is 0 Å². The summed E-state index contributed by atoms with van der Waals surface area (Å²) < 4.78 is 1.48. The summed E-state index contributed by atoms with van der Waals surface area (Å²) in [4.78, 5) is 30.1. The lowest BCUT2D eigenvalue weighted by Crippen LogP contribution is -2.28. The number of hydrogen-bond acceptors (Lipinski definition) is 5. The Labute approximate surface area is 126 Å². The Kier molecular flexibility index (Phi) is 5.08. The van der Waals surface area contributed by atoms with Crippen LogP contribution in [0.25, 0.3) is 10.2 Å². The van der Waals surface area contributed by atoms with Gasteiger partial charge in [-0.25, -0.2) is 4.98 Å². The largest absolute Gasteiger partial charge is 0.396 e. The van der Waals surface area contributed by atoms with E-state index < -0.39 is 0 Å². The average molecular weight is 309 g/mol. The van der Waals surface area contributed by atoms with Crippen LogP contribution < -0.4 is 10.9 Å². The van der Waals surface area contributed by atoms with Gasteiger partial charge in [0.05, 0.1) is 11.7 Å². The van der Waals surface area contributed by atoms with Gasteiger partial charge in [0.2, 0.25) is 5.91 Å². The Bertz CT molecular complexity index is 705. The van der Waals surface area contributed by atoms with Gasteiger partial charge in [-0.1, -0.05) is 0 Å². The van der Waals surface area contributed by atoms with Crippen molar-refractivity contribution in [2.75, 3.05) is 13.2 Å². The van der Waals surface area contributed by atoms with Gasteiger partial charge in [-0.05, 0) is 25.8 Å². The summed E-state index contributed by atoms with van der Waals surface area (Å²) in [6.07, 6.45) is 2.26. The lowest BCUT2D eigenvalue weighted by molar-refractivity contribution is -0.121. The van der Waals surface area contributed by atoms with Crippen LogP contribution in [0.3, 0.4) is 0 Å². The number of hydrogen-bond donors (Lipinski definition) is 2. The Morgan fingerprint density at radius 1 is 1.48 bits per heavy atom. The van der Waals surface area contributed by atoms with Crippen molar-refractivity contribution >= 4 is 27.5 Å². The van der Waals surface area contributed by atoms with E-state index in [1.807, 2.05) is 13.8 Å². The standard InChI is InChI=1S/C14H19N3O3S/c1-9-10(2)21-13-12(9)14(20)17(8-16-13)6-4-11(19)15-5-3-7-18/h8,18H,3-7H2,1-2H3,(H,15,19). The number of thiophene rings is 1. The normalized spacial score (nSPS) is 11.0. The van der Waals surface area contributed by atoms with E-state index in [0.717, 1.165) is 15.3 Å². The van der Waals surface area contributed by atoms with Crippen LogP contribution in [0, 0.1) is 13.8 Å². The first-order chi connectivity index (χ1) is 10.0. The number of aliphatic hydroxyl groups excluding tert-OH is 1. The number of nitrogens with one attached hydrogen (secondary N) is 1. The number of nitrogens with zero attached hydrogens (tertiary/aromatic N) is 2. The fourth-order valence-corrected chi connectivity index (χ4v) is 3.03. The van der Waals surface area contributed by atoms with E-state index in [0.29, 0.717) is 24.9 Å². The van der Waals surface area contributed by atoms with Gasteiger partial charge >= 0.3 is 0 Å². The molecule has 0 spiro atoms. The lowest BCUT2D eigenvalue weighted by atomic mass is 10.2. The molecule has 0 saturated heterocycles. The number of aromatic nitrogens is 2. The molecule has 21 heavy (non-hydrogen) atoms. The van der Waals surface area contributed by atoms with E-state index in [1.54, 1.807) is 0 Å². The SMILES string of the molecule is Cc1sc2ncn(CCC(=O)NCCCO)c(=O)c2c1C. The molecular weight excluding hydrogens is 290 g/mol. The third-order valence-electron chi connectivity index (χ3n) is 3.39. The highest BCUT2D eigenvalue weighted by atomic mass is 32.1. The molecule has 0 atom stereocenters. The Morgan fingerprint density at radius 3 is 2.95 bits per heavy atom. The molecule has 1 amide bonds. The van der Waals surface area contributed by atoms with Crippen molar-refractivity contribution in [3.63, 3.8) is 0 Å². The van der Waals surface area contributed by atoms with Gasteiger partial charge in [-0.3, -0.25) is 14.2 Å². The second-order valence-electron chi connectivity index (χ2n) is 4.88. The minimum absolute atomic E-state index is 0.0527. The topological polar surface area (TPSA) is 84.2 Å². The molecule has 0 aliphatic rings. The molecule has 2 aromatic rings. The minimum Gasteiger partial charge on any atom is -0.396 e. The highest BCUT2D eigenvalue weighted by molar-refractivity contribution is 7.18. The Balaban J connectivity index is 2.09. The predicted molar refractivity (Wildman–Crippen MR) is 82.7 cm³/mol. The van der Waals surface area contributed by atoms with E-state index in [9.17, 15) is 9.59 Å². The maximum Gasteiger partial charge on any atom is 0.262 e. The summed E-state index contributed by atoms with van der Waals surface area (Å²) in [5.74, 6) is -0.131. The van der Waals surface area contributed by atoms with E-state index in [1.165, 1.54) is 22.2 Å². The van der Waals surface area contributed by atoms with Crippen LogP contribution in [-0.2, 0) is 11.3 Å². The maximum absolute atomic E-state index is 12.4. The first-order valence-corrected chi connectivity index (χ1v) is 7.69. The number of aliphatic hydroxyl groups is 1. The molecule has 2 aromatic heterocycles. The van der Waals surface area contributed by atoms with Crippen LogP contribution in [-0.4, -0.2) is 33.7 Å². The van der Waals surface area contributed by atoms with Crippen molar-refractivity contribution < 1.29 is 9.90 Å². The number of aryl methyl sites for hydroxylation is 3. The van der Waals surface area contributed by atoms with Crippen LogP contribution in [0.15, 0.2) is 11.1 Å². The highest BCUT2D eigenvalue weighted by Gasteiger charge is 2.12. The monoisotopic (exact) mass is 309 g/mol. The van der Waals surface area contributed by atoms with Gasteiger partial charge < -0.3 is 10.4 Å². The van der Waals surface area contributed by atoms with Crippen LogP contribution in [0.1, 0.15) is 23.3 Å². The molecule has 0 saturated carbocycles. The zero-order chi connectivity index (χ0) is 15.4. The summed E-state index contributed by atoms with van der Waals surface area (Å²) in [6, 6.07) is 0. The fourth-order valence-electron chi connectivity index (χ4n) is 2.05. The highest BCUT2D eigenvalue weighted by Crippen LogP contribution is 2.25. The summed E-state index contributed by atoms with van der Waals surface area (Å²) in [7, 11) is 0. The second kappa shape index (κ2) is 6.82. The number of amides is 1. The molecule has 2 N–H and O–H groups in total. The molecule has 7 heteroatoms. The van der Waals surface area contributed by atoms with Crippen molar-refractivity contribution in [2.24, 2.45) is 0 Å². The summed E-state index contributed by atoms with van der Waals surface area (Å²) in [5, 5.41) is 12.0. The third kappa shape index (κ3) is 3.48. The maximum atomic E-state index is 12.4. The zero-order valence-electron chi connectivity index (χ0n) is 12.2. The van der Waals surface area contributed by atoms with Gasteiger partial charge in [-0.15, -0.1) is 11.3 Å². The van der Waals surface area contributed by atoms with Gasteiger partial charge in [0.25, 0.3) is 5.56 Å². The second-order valence-corrected chi connectivity index (χ2v) is 6.09. The number of carbonyl (C=O) groups is 1. The molecule has 0 aliphatic carbocycles. The molecule has 0 aromatic carbocycles. The van der Waals surface area contributed by atoms with Crippen LogP contribution in [0.4, 0.5) is 0 Å². The molecule has 0 bridgehead atoms. The molecule has 0 radical (unpaired) electrons. The van der Waals surface area contributed by atoms with Crippen LogP contribution in [0.2, 0.25) is 0 Å². The average Bonchev–Trinajstić information content (AvgIpc) is 2.74. The van der Waals surface area contributed by atoms with Gasteiger partial charge in [0.15, 0.2) is 0 Å². The molecule has 2 rings (SSSR count). The molecule has 6 nitrogen and oxygen atoms in total. The summed E-state index contributed by atoms with van der Waals surface area (Å²) >= 11 is 1.51. The Morgan fingerprint density at radius 2 is 2.24 bits per heavy atom. The van der Waals surface area contributed by atoms with Crippen molar-refractivity contribution in [2.45, 2.75) is 33.2 Å². The first-order valence-electron chi connectivity index (χ1n) is 6.87. The molecule has 114 valence electrons. The predicted octanol–water partition coefficient (Wildman–Crippen LogP) is 0.964. The molecule has 2 heterocycles. The van der Waals surface area contributed by atoms with Crippen LogP contribution >= 0.6 is 11.3 Å². The zero-order valence-corrected chi connectivity index (χ0v) is 13.0. The van der Waals surface area contributed by atoms with Crippen molar-refractivity contribution in [3.8, 4) is 0 Å². The van der Waals surface area contributed by atoms with Gasteiger partial charge in [0.1, 0.15) is 4.83 Å². The third-order valence-corrected chi connectivity index (χ3v) is 4.51. The van der Waals surface area contributed by atoms with E-state index in [2.05, 4.69) is 10.3 Å². The minimum atomic E-state index is -0.131. The summed E-state index contributed by atoms with van der Waals surface area (Å²) in [6.45, 7) is 4.70.